The first kappa shape index (κ1) is 20.6. The summed E-state index contributed by atoms with van der Waals surface area (Å²) in [6.45, 7) is 2.01. The second-order valence-electron chi connectivity index (χ2n) is 6.54. The zero-order valence-corrected chi connectivity index (χ0v) is 17.2. The van der Waals surface area contributed by atoms with E-state index < -0.39 is 11.9 Å². The molecule has 0 saturated carbocycles. The average molecular weight is 410 g/mol. The van der Waals surface area contributed by atoms with E-state index in [4.69, 9.17) is 9.47 Å². The van der Waals surface area contributed by atoms with E-state index in [2.05, 4.69) is 5.32 Å². The van der Waals surface area contributed by atoms with Crippen LogP contribution in [0, 0.1) is 11.3 Å². The molecule has 3 rings (SSSR count). The number of benzene rings is 1. The highest BCUT2D eigenvalue weighted by molar-refractivity contribution is 7.17. The van der Waals surface area contributed by atoms with Gasteiger partial charge in [0.1, 0.15) is 22.4 Å². The molecule has 29 heavy (non-hydrogen) atoms. The van der Waals surface area contributed by atoms with Crippen molar-refractivity contribution in [1.29, 1.82) is 5.26 Å². The lowest BCUT2D eigenvalue weighted by molar-refractivity contribution is -0.112. The largest absolute Gasteiger partial charge is 0.497 e. The van der Waals surface area contributed by atoms with Crippen molar-refractivity contribution in [2.24, 2.45) is 0 Å². The molecule has 1 aromatic carbocycles. The van der Waals surface area contributed by atoms with Crippen molar-refractivity contribution >= 4 is 34.3 Å². The van der Waals surface area contributed by atoms with Crippen LogP contribution in [0.2, 0.25) is 0 Å². The van der Waals surface area contributed by atoms with E-state index in [0.717, 1.165) is 36.1 Å². The van der Waals surface area contributed by atoms with Gasteiger partial charge in [-0.15, -0.1) is 11.3 Å². The lowest BCUT2D eigenvalue weighted by Crippen LogP contribution is -2.16. The van der Waals surface area contributed by atoms with Gasteiger partial charge in [0.25, 0.3) is 5.91 Å². The van der Waals surface area contributed by atoms with Crippen LogP contribution in [0.4, 0.5) is 5.00 Å². The molecule has 7 heteroatoms. The standard InChI is InChI=1S/C22H22N2O4S/c1-3-28-22(26)19-17-9-4-5-10-18(17)29-21(19)24-20(25)15(13-23)11-14-7-6-8-16(12-14)27-2/h6-8,11-12H,3-5,9-10H2,1-2H3,(H,24,25). The fourth-order valence-electron chi connectivity index (χ4n) is 3.29. The lowest BCUT2D eigenvalue weighted by Gasteiger charge is -2.12. The van der Waals surface area contributed by atoms with Gasteiger partial charge in [0.15, 0.2) is 0 Å². The molecule has 0 bridgehead atoms. The van der Waals surface area contributed by atoms with Crippen LogP contribution in [0.15, 0.2) is 29.8 Å². The summed E-state index contributed by atoms with van der Waals surface area (Å²) < 4.78 is 10.4. The molecule has 0 saturated heterocycles. The number of carbonyl (C=O) groups is 2. The summed E-state index contributed by atoms with van der Waals surface area (Å²) in [4.78, 5) is 26.4. The normalized spacial score (nSPS) is 13.2. The third kappa shape index (κ3) is 4.66. The first-order valence-electron chi connectivity index (χ1n) is 9.46. The molecule has 0 unspecified atom stereocenters. The van der Waals surface area contributed by atoms with Crippen molar-refractivity contribution in [1.82, 2.24) is 0 Å². The molecular weight excluding hydrogens is 388 g/mol. The van der Waals surface area contributed by atoms with Gasteiger partial charge in [0.05, 0.1) is 19.3 Å². The summed E-state index contributed by atoms with van der Waals surface area (Å²) in [5.41, 5.74) is 2.01. The third-order valence-electron chi connectivity index (χ3n) is 4.65. The number of ether oxygens (including phenoxy) is 2. The molecule has 1 aliphatic rings. The maximum Gasteiger partial charge on any atom is 0.341 e. The van der Waals surface area contributed by atoms with Crippen molar-refractivity contribution in [2.75, 3.05) is 19.0 Å². The van der Waals surface area contributed by atoms with Crippen molar-refractivity contribution in [2.45, 2.75) is 32.6 Å². The Labute approximate surface area is 173 Å². The third-order valence-corrected chi connectivity index (χ3v) is 5.86. The summed E-state index contributed by atoms with van der Waals surface area (Å²) >= 11 is 1.40. The van der Waals surface area contributed by atoms with E-state index >= 15 is 0 Å². The van der Waals surface area contributed by atoms with E-state index in [9.17, 15) is 14.9 Å². The summed E-state index contributed by atoms with van der Waals surface area (Å²) in [5, 5.41) is 12.7. The number of hydrogen-bond donors (Lipinski definition) is 1. The second kappa shape index (κ2) is 9.39. The molecule has 0 spiro atoms. The van der Waals surface area contributed by atoms with Crippen LogP contribution in [0.3, 0.4) is 0 Å². The molecule has 1 heterocycles. The summed E-state index contributed by atoms with van der Waals surface area (Å²) in [7, 11) is 1.55. The number of nitrogens with zero attached hydrogens (tertiary/aromatic N) is 1. The Hall–Kier alpha value is -3.11. The minimum atomic E-state index is -0.556. The van der Waals surface area contributed by atoms with E-state index in [1.54, 1.807) is 38.3 Å². The van der Waals surface area contributed by atoms with Crippen LogP contribution in [-0.2, 0) is 22.4 Å². The molecule has 1 aliphatic carbocycles. The van der Waals surface area contributed by atoms with Crippen LogP contribution < -0.4 is 10.1 Å². The highest BCUT2D eigenvalue weighted by Gasteiger charge is 2.27. The van der Waals surface area contributed by atoms with Crippen LogP contribution in [0.5, 0.6) is 5.75 Å². The van der Waals surface area contributed by atoms with Crippen LogP contribution in [0.25, 0.3) is 6.08 Å². The predicted molar refractivity (Wildman–Crippen MR) is 112 cm³/mol. The number of esters is 1. The van der Waals surface area contributed by atoms with Gasteiger partial charge in [-0.1, -0.05) is 12.1 Å². The van der Waals surface area contributed by atoms with Gasteiger partial charge in [-0.05, 0) is 61.9 Å². The molecule has 1 aromatic heterocycles. The number of aryl methyl sites for hydroxylation is 1. The molecule has 6 nitrogen and oxygen atoms in total. The van der Waals surface area contributed by atoms with Crippen molar-refractivity contribution < 1.29 is 19.1 Å². The Kier molecular flexibility index (Phi) is 6.68. The number of amides is 1. The zero-order valence-electron chi connectivity index (χ0n) is 16.4. The quantitative estimate of drug-likeness (QED) is 0.434. The number of rotatable bonds is 6. The maximum absolute atomic E-state index is 12.8. The number of thiophene rings is 1. The van der Waals surface area contributed by atoms with Gasteiger partial charge in [-0.3, -0.25) is 4.79 Å². The fraction of sp³-hybridized carbons (Fsp3) is 0.318. The average Bonchev–Trinajstić information content (AvgIpc) is 3.10. The van der Waals surface area contributed by atoms with E-state index in [1.807, 2.05) is 6.07 Å². The predicted octanol–water partition coefficient (Wildman–Crippen LogP) is 4.36. The molecule has 1 amide bonds. The number of hydrogen-bond acceptors (Lipinski definition) is 6. The van der Waals surface area contributed by atoms with Gasteiger partial charge < -0.3 is 14.8 Å². The Morgan fingerprint density at radius 1 is 1.31 bits per heavy atom. The first-order chi connectivity index (χ1) is 14.1. The number of nitrogens with one attached hydrogen (secondary N) is 1. The molecule has 1 N–H and O–H groups in total. The van der Waals surface area contributed by atoms with E-state index in [1.165, 1.54) is 17.4 Å². The van der Waals surface area contributed by atoms with Crippen molar-refractivity contribution in [3.05, 3.63) is 51.4 Å². The van der Waals surface area contributed by atoms with Gasteiger partial charge in [0.2, 0.25) is 0 Å². The molecule has 150 valence electrons. The minimum Gasteiger partial charge on any atom is -0.497 e. The van der Waals surface area contributed by atoms with Crippen LogP contribution in [-0.4, -0.2) is 25.6 Å². The number of anilines is 1. The smallest absolute Gasteiger partial charge is 0.341 e. The topological polar surface area (TPSA) is 88.4 Å². The van der Waals surface area contributed by atoms with Crippen LogP contribution >= 0.6 is 11.3 Å². The van der Waals surface area contributed by atoms with Gasteiger partial charge in [-0.2, -0.15) is 5.26 Å². The minimum absolute atomic E-state index is 0.0561. The Balaban J connectivity index is 1.91. The highest BCUT2D eigenvalue weighted by atomic mass is 32.1. The molecule has 2 aromatic rings. The first-order valence-corrected chi connectivity index (χ1v) is 10.3. The number of fused-ring (bicyclic) bond motifs is 1. The second-order valence-corrected chi connectivity index (χ2v) is 7.64. The van der Waals surface area contributed by atoms with Gasteiger partial charge >= 0.3 is 5.97 Å². The van der Waals surface area contributed by atoms with Crippen LogP contribution in [0.1, 0.15) is 46.1 Å². The van der Waals surface area contributed by atoms with Crippen molar-refractivity contribution in [3.63, 3.8) is 0 Å². The van der Waals surface area contributed by atoms with Crippen molar-refractivity contribution in [3.8, 4) is 11.8 Å². The maximum atomic E-state index is 12.8. The Morgan fingerprint density at radius 3 is 2.83 bits per heavy atom. The summed E-state index contributed by atoms with van der Waals surface area (Å²) in [6.07, 6.45) is 5.23. The van der Waals surface area contributed by atoms with Gasteiger partial charge in [-0.25, -0.2) is 4.79 Å². The zero-order chi connectivity index (χ0) is 20.8. The number of nitriles is 1. The molecule has 0 fully saturated rings. The Morgan fingerprint density at radius 2 is 2.10 bits per heavy atom. The number of carbonyl (C=O) groups excluding carboxylic acids is 2. The lowest BCUT2D eigenvalue weighted by atomic mass is 9.95. The Bertz CT molecular complexity index is 1000. The molecule has 0 atom stereocenters. The molecule has 0 aliphatic heterocycles. The monoisotopic (exact) mass is 410 g/mol. The van der Waals surface area contributed by atoms with E-state index in [-0.39, 0.29) is 12.2 Å². The van der Waals surface area contributed by atoms with Gasteiger partial charge in [0, 0.05) is 4.88 Å². The fourth-order valence-corrected chi connectivity index (χ4v) is 4.56. The molecule has 0 radical (unpaired) electrons. The SMILES string of the molecule is CCOC(=O)c1c(NC(=O)C(C#N)=Cc2cccc(OC)c2)sc2c1CCCC2. The summed E-state index contributed by atoms with van der Waals surface area (Å²) in [6, 6.07) is 9.02. The summed E-state index contributed by atoms with van der Waals surface area (Å²) in [5.74, 6) is -0.357. The molecular formula is C22H22N2O4S. The van der Waals surface area contributed by atoms with E-state index in [0.29, 0.717) is 21.9 Å². The number of methoxy groups -OCH3 is 1. The highest BCUT2D eigenvalue weighted by Crippen LogP contribution is 2.38.